The van der Waals surface area contributed by atoms with Gasteiger partial charge in [0.1, 0.15) is 0 Å². The summed E-state index contributed by atoms with van der Waals surface area (Å²) in [5.41, 5.74) is 0.300. The van der Waals surface area contributed by atoms with Gasteiger partial charge in [-0.2, -0.15) is 0 Å². The van der Waals surface area contributed by atoms with E-state index in [0.717, 1.165) is 0 Å². The largest absolute Gasteiger partial charge is 0.435 e. The topological polar surface area (TPSA) is 67.8 Å². The van der Waals surface area contributed by atoms with Crippen LogP contribution < -0.4 is 14.8 Å². The lowest BCUT2D eigenvalue weighted by molar-refractivity contribution is -0.178. The molecule has 0 amide bonds. The lowest BCUT2D eigenvalue weighted by Crippen LogP contribution is -2.53. The predicted molar refractivity (Wildman–Crippen MR) is 75.3 cm³/mol. The van der Waals surface area contributed by atoms with Crippen LogP contribution >= 0.6 is 0 Å². The molecule has 8 radical (unpaired) electrons. The SMILES string of the molecule is [B]C([B])([B])N[C@H](C)C(=O)c1ccc2c(c1)OC([B])(O)O2. The van der Waals surface area contributed by atoms with Crippen molar-refractivity contribution in [3.63, 3.8) is 0 Å². The maximum Gasteiger partial charge on any atom is 0.302 e. The van der Waals surface area contributed by atoms with Crippen LogP contribution in [0.5, 0.6) is 11.5 Å². The molecule has 0 saturated heterocycles. The highest BCUT2D eigenvalue weighted by Gasteiger charge is 2.34. The average Bonchev–Trinajstić information content (AvgIpc) is 2.58. The van der Waals surface area contributed by atoms with Gasteiger partial charge in [-0.3, -0.25) is 4.79 Å². The quantitative estimate of drug-likeness (QED) is 0.511. The minimum atomic E-state index is -2.23. The van der Waals surface area contributed by atoms with Gasteiger partial charge in [-0.1, -0.05) is 5.24 Å². The number of hydrogen-bond donors (Lipinski definition) is 2. The van der Waals surface area contributed by atoms with Crippen LogP contribution in [0.2, 0.25) is 0 Å². The number of benzene rings is 1. The number of ketones is 1. The van der Waals surface area contributed by atoms with Crippen molar-refractivity contribution in [1.29, 1.82) is 0 Å². The highest BCUT2D eigenvalue weighted by molar-refractivity contribution is 6.59. The minimum Gasteiger partial charge on any atom is -0.435 e. The number of ether oxygens (including phenoxy) is 2. The van der Waals surface area contributed by atoms with Crippen LogP contribution in [-0.4, -0.2) is 59.4 Å². The van der Waals surface area contributed by atoms with Gasteiger partial charge in [-0.15, -0.1) is 0 Å². The first-order chi connectivity index (χ1) is 9.07. The predicted octanol–water partition coefficient (Wildman–Crippen LogP) is -1.49. The number of hydrogen-bond acceptors (Lipinski definition) is 5. The van der Waals surface area contributed by atoms with Gasteiger partial charge >= 0.3 is 5.87 Å². The summed E-state index contributed by atoms with van der Waals surface area (Å²) in [4.78, 5) is 12.2. The number of aliphatic hydroxyl groups is 1. The van der Waals surface area contributed by atoms with Crippen molar-refractivity contribution in [2.75, 3.05) is 0 Å². The summed E-state index contributed by atoms with van der Waals surface area (Å²) in [5, 5.41) is 10.3. The normalized spacial score (nSPS) is 22.5. The first kappa shape index (κ1) is 15.1. The molecule has 0 saturated carbocycles. The summed E-state index contributed by atoms with van der Waals surface area (Å²) < 4.78 is 9.82. The van der Waals surface area contributed by atoms with Crippen LogP contribution in [0.1, 0.15) is 17.3 Å². The van der Waals surface area contributed by atoms with Crippen LogP contribution in [0, 0.1) is 0 Å². The van der Waals surface area contributed by atoms with Crippen LogP contribution in [0.25, 0.3) is 0 Å². The Morgan fingerprint density at radius 2 is 1.95 bits per heavy atom. The maximum absolute atomic E-state index is 12.2. The fourth-order valence-corrected chi connectivity index (χ4v) is 1.85. The highest BCUT2D eigenvalue weighted by atomic mass is 16.8. The van der Waals surface area contributed by atoms with Gasteiger partial charge in [0.2, 0.25) is 7.85 Å². The summed E-state index contributed by atoms with van der Waals surface area (Å²) in [5.74, 6) is -2.14. The summed E-state index contributed by atoms with van der Waals surface area (Å²) in [6.07, 6.45) is 0. The smallest absolute Gasteiger partial charge is 0.302 e. The third kappa shape index (κ3) is 3.41. The fourth-order valence-electron chi connectivity index (χ4n) is 1.85. The van der Waals surface area contributed by atoms with E-state index < -0.39 is 17.2 Å². The molecular formula is C11H9B4NO4. The maximum atomic E-state index is 12.2. The van der Waals surface area contributed by atoms with Gasteiger partial charge in [0, 0.05) is 5.56 Å². The lowest BCUT2D eigenvalue weighted by Gasteiger charge is -2.26. The number of nitrogens with one attached hydrogen (secondary N) is 1. The summed E-state index contributed by atoms with van der Waals surface area (Å²) in [6.45, 7) is 1.56. The molecule has 20 heavy (non-hydrogen) atoms. The summed E-state index contributed by atoms with van der Waals surface area (Å²) in [7, 11) is 21.4. The van der Waals surface area contributed by atoms with Crippen LogP contribution in [0.4, 0.5) is 0 Å². The number of Topliss-reactive ketones (excluding diaryl/α,β-unsaturated/α-hetero) is 1. The van der Waals surface area contributed by atoms with Crippen molar-refractivity contribution < 1.29 is 19.4 Å². The molecule has 1 aliphatic heterocycles. The van der Waals surface area contributed by atoms with Crippen molar-refractivity contribution in [3.8, 4) is 11.5 Å². The Labute approximate surface area is 122 Å². The lowest BCUT2D eigenvalue weighted by atomic mass is 9.49. The Balaban J connectivity index is 2.17. The molecular weight excluding hydrogens is 253 g/mol. The molecule has 2 rings (SSSR count). The molecule has 0 fully saturated rings. The first-order valence-electron chi connectivity index (χ1n) is 5.79. The third-order valence-corrected chi connectivity index (χ3v) is 2.60. The Morgan fingerprint density at radius 1 is 1.35 bits per heavy atom. The number of carbonyl (C=O) groups is 1. The number of carbonyl (C=O) groups excluding carboxylic acids is 1. The molecule has 0 aliphatic carbocycles. The first-order valence-corrected chi connectivity index (χ1v) is 5.79. The van der Waals surface area contributed by atoms with E-state index in [1.807, 2.05) is 0 Å². The average molecular weight is 262 g/mol. The molecule has 1 aromatic rings. The molecule has 1 aromatic carbocycles. The molecule has 1 unspecified atom stereocenters. The Bertz CT molecular complexity index is 544. The molecule has 0 aromatic heterocycles. The standard InChI is InChI=1S/C11H9B4NO4/c1-5(16-10(12,13)14)9(17)6-2-3-7-8(4-6)20-11(15,18)19-7/h2-5,16,18H,1H3/t5-,11?/m1/s1. The second-order valence-electron chi connectivity index (χ2n) is 4.66. The van der Waals surface area contributed by atoms with Crippen molar-refractivity contribution >= 4 is 37.2 Å². The zero-order chi connectivity index (χ0) is 15.1. The minimum absolute atomic E-state index is 0.160. The van der Waals surface area contributed by atoms with Gasteiger partial charge in [0.05, 0.1) is 29.6 Å². The molecule has 5 nitrogen and oxygen atoms in total. The molecule has 2 atom stereocenters. The Hall–Kier alpha value is -1.33. The third-order valence-electron chi connectivity index (χ3n) is 2.60. The van der Waals surface area contributed by atoms with E-state index in [-0.39, 0.29) is 17.3 Å². The van der Waals surface area contributed by atoms with E-state index in [1.165, 1.54) is 18.2 Å². The molecule has 1 heterocycles. The number of rotatable bonds is 4. The molecule has 2 N–H and O–H groups in total. The van der Waals surface area contributed by atoms with Crippen molar-refractivity contribution in [2.45, 2.75) is 24.1 Å². The molecule has 9 heteroatoms. The van der Waals surface area contributed by atoms with Gasteiger partial charge in [-0.05, 0) is 25.1 Å². The molecule has 94 valence electrons. The highest BCUT2D eigenvalue weighted by Crippen LogP contribution is 2.37. The van der Waals surface area contributed by atoms with E-state index in [1.54, 1.807) is 6.92 Å². The zero-order valence-electron chi connectivity index (χ0n) is 10.8. The van der Waals surface area contributed by atoms with Gasteiger partial charge < -0.3 is 19.9 Å². The second-order valence-corrected chi connectivity index (χ2v) is 4.66. The fraction of sp³-hybridized carbons (Fsp3) is 0.364. The molecule has 0 spiro atoms. The van der Waals surface area contributed by atoms with E-state index in [0.29, 0.717) is 5.56 Å². The van der Waals surface area contributed by atoms with Crippen LogP contribution in [0.15, 0.2) is 18.2 Å². The molecule has 1 aliphatic rings. The van der Waals surface area contributed by atoms with Crippen molar-refractivity contribution in [3.05, 3.63) is 23.8 Å². The van der Waals surface area contributed by atoms with Crippen LogP contribution in [0.3, 0.4) is 0 Å². The summed E-state index contributed by atoms with van der Waals surface area (Å²) in [6, 6.07) is 3.63. The Morgan fingerprint density at radius 3 is 2.55 bits per heavy atom. The van der Waals surface area contributed by atoms with Crippen molar-refractivity contribution in [2.24, 2.45) is 0 Å². The van der Waals surface area contributed by atoms with E-state index in [9.17, 15) is 9.90 Å². The van der Waals surface area contributed by atoms with E-state index >= 15 is 0 Å². The second kappa shape index (κ2) is 4.90. The van der Waals surface area contributed by atoms with E-state index in [2.05, 4.69) is 5.32 Å². The van der Waals surface area contributed by atoms with Gasteiger partial charge in [-0.25, -0.2) is 0 Å². The summed E-state index contributed by atoms with van der Waals surface area (Å²) >= 11 is 0. The number of fused-ring (bicyclic) bond motifs is 1. The zero-order valence-corrected chi connectivity index (χ0v) is 10.8. The monoisotopic (exact) mass is 263 g/mol. The van der Waals surface area contributed by atoms with Gasteiger partial charge in [0.25, 0.3) is 0 Å². The molecule has 0 bridgehead atoms. The van der Waals surface area contributed by atoms with Crippen molar-refractivity contribution in [1.82, 2.24) is 5.32 Å². The Kier molecular flexibility index (Phi) is 3.69. The van der Waals surface area contributed by atoms with Gasteiger partial charge in [0.15, 0.2) is 17.3 Å². The van der Waals surface area contributed by atoms with Crippen LogP contribution in [-0.2, 0) is 0 Å². The van der Waals surface area contributed by atoms with E-state index in [4.69, 9.17) is 40.9 Å².